The molecule has 0 aromatic heterocycles. The van der Waals surface area contributed by atoms with E-state index < -0.39 is 5.97 Å². The summed E-state index contributed by atoms with van der Waals surface area (Å²) in [6, 6.07) is 0. The van der Waals surface area contributed by atoms with Crippen LogP contribution < -0.4 is 0 Å². The van der Waals surface area contributed by atoms with Crippen LogP contribution >= 0.6 is 11.8 Å². The van der Waals surface area contributed by atoms with E-state index in [1.807, 2.05) is 13.8 Å². The van der Waals surface area contributed by atoms with Crippen molar-refractivity contribution < 1.29 is 14.7 Å². The molecule has 1 aliphatic rings. The Hall–Kier alpha value is -0.770. The van der Waals surface area contributed by atoms with Crippen LogP contribution in [-0.4, -0.2) is 22.6 Å². The first kappa shape index (κ1) is 11.3. The van der Waals surface area contributed by atoms with Gasteiger partial charge in [-0.1, -0.05) is 12.5 Å². The monoisotopic (exact) mass is 214 g/mol. The minimum atomic E-state index is -0.873. The lowest BCUT2D eigenvalue weighted by atomic mass is 9.90. The number of thioether (sulfide) groups is 1. The van der Waals surface area contributed by atoms with Gasteiger partial charge < -0.3 is 5.11 Å². The van der Waals surface area contributed by atoms with Crippen LogP contribution in [0.15, 0.2) is 10.5 Å². The van der Waals surface area contributed by atoms with Crippen molar-refractivity contribution in [3.8, 4) is 0 Å². The molecule has 1 N–H and O–H groups in total. The molecule has 3 nitrogen and oxygen atoms in total. The molecule has 1 unspecified atom stereocenters. The highest BCUT2D eigenvalue weighted by Crippen LogP contribution is 2.32. The zero-order valence-electron chi connectivity index (χ0n) is 8.37. The number of hydrogen-bond donors (Lipinski definition) is 1. The average molecular weight is 214 g/mol. The summed E-state index contributed by atoms with van der Waals surface area (Å²) in [4.78, 5) is 22.6. The lowest BCUT2D eigenvalue weighted by Gasteiger charge is -2.20. The van der Waals surface area contributed by atoms with Gasteiger partial charge in [-0.15, -0.1) is 11.8 Å². The van der Waals surface area contributed by atoms with Gasteiger partial charge in [-0.25, -0.2) is 0 Å². The third-order valence-corrected chi connectivity index (χ3v) is 3.43. The topological polar surface area (TPSA) is 54.4 Å². The second-order valence-corrected chi connectivity index (χ2v) is 4.71. The van der Waals surface area contributed by atoms with Crippen LogP contribution in [0.3, 0.4) is 0 Å². The Morgan fingerprint density at radius 3 is 2.71 bits per heavy atom. The average Bonchev–Trinajstić information content (AvgIpc) is 2.01. The van der Waals surface area contributed by atoms with Crippen molar-refractivity contribution in [1.82, 2.24) is 0 Å². The Morgan fingerprint density at radius 1 is 1.57 bits per heavy atom. The standard InChI is InChI=1S/C10H14O3S/c1-6-3-7(2)10(8(11)4-6)14-5-9(12)13/h6H,3-5H2,1-2H3,(H,12,13). The molecule has 0 saturated heterocycles. The molecule has 0 saturated carbocycles. The highest BCUT2D eigenvalue weighted by molar-refractivity contribution is 8.04. The number of ketones is 1. The molecule has 4 heteroatoms. The normalized spacial score (nSPS) is 22.7. The Labute approximate surface area is 87.6 Å². The molecule has 0 radical (unpaired) electrons. The van der Waals surface area contributed by atoms with Gasteiger partial charge in [0.1, 0.15) is 0 Å². The molecule has 14 heavy (non-hydrogen) atoms. The summed E-state index contributed by atoms with van der Waals surface area (Å²) in [5.74, 6) is -0.391. The molecule has 0 heterocycles. The smallest absolute Gasteiger partial charge is 0.313 e. The van der Waals surface area contributed by atoms with Gasteiger partial charge in [-0.05, 0) is 19.3 Å². The van der Waals surface area contributed by atoms with Crippen molar-refractivity contribution in [2.24, 2.45) is 5.92 Å². The summed E-state index contributed by atoms with van der Waals surface area (Å²) in [5, 5.41) is 8.51. The summed E-state index contributed by atoms with van der Waals surface area (Å²) >= 11 is 1.15. The molecule has 0 bridgehead atoms. The first-order valence-corrected chi connectivity index (χ1v) is 5.56. The van der Waals surface area contributed by atoms with E-state index in [0.29, 0.717) is 17.2 Å². The zero-order valence-corrected chi connectivity index (χ0v) is 9.19. The lowest BCUT2D eigenvalue weighted by molar-refractivity contribution is -0.133. The van der Waals surface area contributed by atoms with E-state index in [1.165, 1.54) is 0 Å². The van der Waals surface area contributed by atoms with Crippen LogP contribution in [0.1, 0.15) is 26.7 Å². The molecule has 0 aliphatic heterocycles. The number of Topliss-reactive ketones (excluding diaryl/α,β-unsaturated/α-hetero) is 1. The summed E-state index contributed by atoms with van der Waals surface area (Å²) < 4.78 is 0. The highest BCUT2D eigenvalue weighted by atomic mass is 32.2. The van der Waals surface area contributed by atoms with Gasteiger partial charge in [0.25, 0.3) is 0 Å². The van der Waals surface area contributed by atoms with Gasteiger partial charge in [-0.2, -0.15) is 0 Å². The molecular formula is C10H14O3S. The number of aliphatic carboxylic acids is 1. The van der Waals surface area contributed by atoms with Gasteiger partial charge in [0.15, 0.2) is 5.78 Å². The van der Waals surface area contributed by atoms with Crippen molar-refractivity contribution in [1.29, 1.82) is 0 Å². The number of rotatable bonds is 3. The van der Waals surface area contributed by atoms with Gasteiger partial charge in [0.2, 0.25) is 0 Å². The predicted octanol–water partition coefficient (Wildman–Crippen LogP) is 2.08. The molecular weight excluding hydrogens is 200 g/mol. The van der Waals surface area contributed by atoms with E-state index in [1.54, 1.807) is 0 Å². The molecule has 0 aromatic carbocycles. The van der Waals surface area contributed by atoms with Crippen LogP contribution in [0, 0.1) is 5.92 Å². The maximum Gasteiger partial charge on any atom is 0.313 e. The van der Waals surface area contributed by atoms with E-state index in [0.717, 1.165) is 23.8 Å². The van der Waals surface area contributed by atoms with Crippen LogP contribution in [0.5, 0.6) is 0 Å². The molecule has 0 amide bonds. The SMILES string of the molecule is CC1=C(SCC(=O)O)C(=O)CC(C)C1. The highest BCUT2D eigenvalue weighted by Gasteiger charge is 2.23. The Balaban J connectivity index is 2.69. The largest absolute Gasteiger partial charge is 0.481 e. The number of allylic oxidation sites excluding steroid dienone is 2. The maximum absolute atomic E-state index is 11.6. The number of hydrogen-bond acceptors (Lipinski definition) is 3. The van der Waals surface area contributed by atoms with E-state index in [4.69, 9.17) is 5.11 Å². The molecule has 1 atom stereocenters. The molecule has 1 aliphatic carbocycles. The number of carboxylic acids is 1. The number of carbonyl (C=O) groups is 2. The van der Waals surface area contributed by atoms with E-state index in [2.05, 4.69) is 0 Å². The molecule has 1 rings (SSSR count). The van der Waals surface area contributed by atoms with Crippen LogP contribution in [0.25, 0.3) is 0 Å². The van der Waals surface area contributed by atoms with E-state index in [9.17, 15) is 9.59 Å². The minimum absolute atomic E-state index is 0.0210. The van der Waals surface area contributed by atoms with Crippen molar-refractivity contribution in [3.05, 3.63) is 10.5 Å². The summed E-state index contributed by atoms with van der Waals surface area (Å²) in [5.41, 5.74) is 1.04. The Bertz CT molecular complexity index is 294. The van der Waals surface area contributed by atoms with Crippen LogP contribution in [-0.2, 0) is 9.59 Å². The number of carboxylic acid groups (broad SMARTS) is 1. The van der Waals surface area contributed by atoms with Crippen molar-refractivity contribution in [2.45, 2.75) is 26.7 Å². The fourth-order valence-electron chi connectivity index (χ4n) is 1.67. The number of carbonyl (C=O) groups excluding carboxylic acids is 1. The Kier molecular flexibility index (Phi) is 3.75. The predicted molar refractivity (Wildman–Crippen MR) is 56.2 cm³/mol. The summed E-state index contributed by atoms with van der Waals surface area (Å²) in [6.45, 7) is 3.96. The second kappa shape index (κ2) is 4.64. The molecule has 0 fully saturated rings. The van der Waals surface area contributed by atoms with Gasteiger partial charge in [0, 0.05) is 11.3 Å². The van der Waals surface area contributed by atoms with Gasteiger partial charge >= 0.3 is 5.97 Å². The molecule has 0 spiro atoms. The third kappa shape index (κ3) is 2.87. The third-order valence-electron chi connectivity index (χ3n) is 2.17. The second-order valence-electron chi connectivity index (χ2n) is 3.73. The van der Waals surface area contributed by atoms with Crippen LogP contribution in [0.2, 0.25) is 0 Å². The maximum atomic E-state index is 11.6. The fraction of sp³-hybridized carbons (Fsp3) is 0.600. The lowest BCUT2D eigenvalue weighted by Crippen LogP contribution is -2.16. The minimum Gasteiger partial charge on any atom is -0.481 e. The van der Waals surface area contributed by atoms with Crippen LogP contribution in [0.4, 0.5) is 0 Å². The summed E-state index contributed by atoms with van der Waals surface area (Å²) in [7, 11) is 0. The quantitative estimate of drug-likeness (QED) is 0.781. The van der Waals surface area contributed by atoms with E-state index in [-0.39, 0.29) is 11.5 Å². The van der Waals surface area contributed by atoms with Crippen molar-refractivity contribution in [2.75, 3.05) is 5.75 Å². The van der Waals surface area contributed by atoms with Crippen molar-refractivity contribution >= 4 is 23.5 Å². The Morgan fingerprint density at radius 2 is 2.21 bits per heavy atom. The first-order valence-electron chi connectivity index (χ1n) is 4.58. The fourth-order valence-corrected chi connectivity index (χ4v) is 2.51. The first-order chi connectivity index (χ1) is 6.50. The molecule has 78 valence electrons. The zero-order chi connectivity index (χ0) is 10.7. The van der Waals surface area contributed by atoms with Crippen molar-refractivity contribution in [3.63, 3.8) is 0 Å². The molecule has 0 aromatic rings. The van der Waals surface area contributed by atoms with Gasteiger partial charge in [-0.3, -0.25) is 9.59 Å². The van der Waals surface area contributed by atoms with Gasteiger partial charge in [0.05, 0.1) is 5.75 Å². The summed E-state index contributed by atoms with van der Waals surface area (Å²) in [6.07, 6.45) is 1.47. The van der Waals surface area contributed by atoms with E-state index >= 15 is 0 Å².